The van der Waals surface area contributed by atoms with Crippen molar-refractivity contribution in [1.82, 2.24) is 14.6 Å². The van der Waals surface area contributed by atoms with Crippen molar-refractivity contribution in [3.05, 3.63) is 18.3 Å². The van der Waals surface area contributed by atoms with Crippen molar-refractivity contribution in [3.63, 3.8) is 0 Å². The van der Waals surface area contributed by atoms with E-state index in [1.54, 1.807) is 4.52 Å². The Morgan fingerprint density at radius 1 is 1.58 bits per heavy atom. The molecular weight excluding hydrogens is 154 g/mol. The number of pyridine rings is 1. The average molecular weight is 163 g/mol. The van der Waals surface area contributed by atoms with Crippen LogP contribution >= 0.6 is 0 Å². The van der Waals surface area contributed by atoms with Gasteiger partial charge < -0.3 is 11.1 Å². The quantitative estimate of drug-likeness (QED) is 0.636. The number of nitrogens with one attached hydrogen (secondary N) is 1. The van der Waals surface area contributed by atoms with Crippen LogP contribution in [0.1, 0.15) is 0 Å². The van der Waals surface area contributed by atoms with Crippen molar-refractivity contribution in [2.75, 3.05) is 18.1 Å². The van der Waals surface area contributed by atoms with E-state index in [2.05, 4.69) is 15.4 Å². The normalized spacial score (nSPS) is 10.4. The molecule has 2 heterocycles. The molecule has 0 amide bonds. The largest absolute Gasteiger partial charge is 0.388 e. The molecule has 2 aromatic rings. The molecule has 2 rings (SSSR count). The summed E-state index contributed by atoms with van der Waals surface area (Å²) in [5, 5.41) is 6.95. The Balaban J connectivity index is 2.66. The Morgan fingerprint density at radius 2 is 2.42 bits per heavy atom. The molecule has 0 bridgehead atoms. The van der Waals surface area contributed by atoms with Gasteiger partial charge in [0.1, 0.15) is 0 Å². The predicted octanol–water partition coefficient (Wildman–Crippen LogP) is 0.353. The van der Waals surface area contributed by atoms with Crippen LogP contribution in [0.3, 0.4) is 0 Å². The SMILES string of the molecule is CNc1ccn2nc(N)nc2c1. The van der Waals surface area contributed by atoms with E-state index < -0.39 is 0 Å². The van der Waals surface area contributed by atoms with Crippen molar-refractivity contribution >= 4 is 17.3 Å². The molecule has 0 saturated carbocycles. The highest BCUT2D eigenvalue weighted by molar-refractivity contribution is 5.54. The zero-order valence-electron chi connectivity index (χ0n) is 6.65. The Morgan fingerprint density at radius 3 is 3.17 bits per heavy atom. The summed E-state index contributed by atoms with van der Waals surface area (Å²) in [6.07, 6.45) is 1.81. The summed E-state index contributed by atoms with van der Waals surface area (Å²) in [5.74, 6) is 0.295. The molecule has 12 heavy (non-hydrogen) atoms. The first-order valence-corrected chi connectivity index (χ1v) is 3.59. The molecule has 0 fully saturated rings. The van der Waals surface area contributed by atoms with Crippen molar-refractivity contribution in [2.45, 2.75) is 0 Å². The summed E-state index contributed by atoms with van der Waals surface area (Å²) >= 11 is 0. The number of aromatic nitrogens is 3. The van der Waals surface area contributed by atoms with Gasteiger partial charge in [0.05, 0.1) is 0 Å². The number of nitrogens with two attached hydrogens (primary N) is 1. The third-order valence-corrected chi connectivity index (χ3v) is 1.64. The highest BCUT2D eigenvalue weighted by Gasteiger charge is 1.98. The van der Waals surface area contributed by atoms with E-state index in [0.717, 1.165) is 11.3 Å². The van der Waals surface area contributed by atoms with E-state index in [4.69, 9.17) is 5.73 Å². The zero-order chi connectivity index (χ0) is 8.55. The molecule has 0 radical (unpaired) electrons. The first-order chi connectivity index (χ1) is 5.79. The first-order valence-electron chi connectivity index (χ1n) is 3.59. The van der Waals surface area contributed by atoms with Gasteiger partial charge in [0.15, 0.2) is 5.65 Å². The van der Waals surface area contributed by atoms with Crippen LogP contribution in [-0.4, -0.2) is 21.6 Å². The second-order valence-electron chi connectivity index (χ2n) is 2.44. The smallest absolute Gasteiger partial charge is 0.240 e. The highest BCUT2D eigenvalue weighted by Crippen LogP contribution is 2.09. The molecule has 62 valence electrons. The number of hydrogen-bond acceptors (Lipinski definition) is 4. The third kappa shape index (κ3) is 0.952. The van der Waals surface area contributed by atoms with Gasteiger partial charge in [-0.15, -0.1) is 5.10 Å². The van der Waals surface area contributed by atoms with Crippen LogP contribution in [0.2, 0.25) is 0 Å². The lowest BCUT2D eigenvalue weighted by atomic mass is 10.4. The molecule has 0 atom stereocenters. The van der Waals surface area contributed by atoms with Crippen LogP contribution in [0.4, 0.5) is 11.6 Å². The predicted molar refractivity (Wildman–Crippen MR) is 46.9 cm³/mol. The molecule has 0 aliphatic heterocycles. The van der Waals surface area contributed by atoms with Gasteiger partial charge in [-0.2, -0.15) is 4.98 Å². The molecule has 0 spiro atoms. The van der Waals surface area contributed by atoms with Crippen LogP contribution in [0.25, 0.3) is 5.65 Å². The summed E-state index contributed by atoms with van der Waals surface area (Å²) in [5.41, 5.74) is 7.16. The van der Waals surface area contributed by atoms with Crippen LogP contribution in [0, 0.1) is 0 Å². The number of fused-ring (bicyclic) bond motifs is 1. The fourth-order valence-electron chi connectivity index (χ4n) is 1.05. The van der Waals surface area contributed by atoms with Gasteiger partial charge in [0, 0.05) is 25.0 Å². The van der Waals surface area contributed by atoms with Gasteiger partial charge in [-0.05, 0) is 6.07 Å². The number of rotatable bonds is 1. The fraction of sp³-hybridized carbons (Fsp3) is 0.143. The van der Waals surface area contributed by atoms with Crippen molar-refractivity contribution in [1.29, 1.82) is 0 Å². The third-order valence-electron chi connectivity index (χ3n) is 1.64. The maximum absolute atomic E-state index is 5.42. The Bertz CT molecular complexity index is 405. The van der Waals surface area contributed by atoms with E-state index in [1.165, 1.54) is 0 Å². The van der Waals surface area contributed by atoms with Gasteiger partial charge in [-0.1, -0.05) is 0 Å². The monoisotopic (exact) mass is 163 g/mol. The molecular formula is C7H9N5. The highest BCUT2D eigenvalue weighted by atomic mass is 15.3. The minimum atomic E-state index is 0.295. The lowest BCUT2D eigenvalue weighted by Crippen LogP contribution is -1.91. The lowest BCUT2D eigenvalue weighted by molar-refractivity contribution is 0.968. The van der Waals surface area contributed by atoms with Crippen molar-refractivity contribution in [3.8, 4) is 0 Å². The van der Waals surface area contributed by atoms with E-state index in [1.807, 2.05) is 25.4 Å². The Labute approximate surface area is 69.2 Å². The summed E-state index contributed by atoms with van der Waals surface area (Å²) in [4.78, 5) is 4.01. The molecule has 5 heteroatoms. The van der Waals surface area contributed by atoms with Crippen LogP contribution in [-0.2, 0) is 0 Å². The molecule has 2 aromatic heterocycles. The van der Waals surface area contributed by atoms with Crippen LogP contribution in [0.5, 0.6) is 0 Å². The fourth-order valence-corrected chi connectivity index (χ4v) is 1.05. The van der Waals surface area contributed by atoms with Gasteiger partial charge in [-0.25, -0.2) is 4.52 Å². The van der Waals surface area contributed by atoms with Crippen molar-refractivity contribution < 1.29 is 0 Å². The molecule has 0 saturated heterocycles. The second kappa shape index (κ2) is 2.37. The van der Waals surface area contributed by atoms with Gasteiger partial charge in [-0.3, -0.25) is 0 Å². The first kappa shape index (κ1) is 6.90. The molecule has 0 aliphatic rings. The number of nitrogen functional groups attached to an aromatic ring is 1. The van der Waals surface area contributed by atoms with Crippen molar-refractivity contribution in [2.24, 2.45) is 0 Å². The maximum atomic E-state index is 5.42. The Kier molecular flexibility index (Phi) is 1.36. The molecule has 5 nitrogen and oxygen atoms in total. The molecule has 0 aromatic carbocycles. The maximum Gasteiger partial charge on any atom is 0.240 e. The van der Waals surface area contributed by atoms with Crippen LogP contribution < -0.4 is 11.1 Å². The minimum Gasteiger partial charge on any atom is -0.388 e. The average Bonchev–Trinajstić information content (AvgIpc) is 2.43. The minimum absolute atomic E-state index is 0.295. The zero-order valence-corrected chi connectivity index (χ0v) is 6.65. The van der Waals surface area contributed by atoms with Gasteiger partial charge in [0.25, 0.3) is 0 Å². The van der Waals surface area contributed by atoms with Gasteiger partial charge >= 0.3 is 0 Å². The van der Waals surface area contributed by atoms with E-state index >= 15 is 0 Å². The van der Waals surface area contributed by atoms with Crippen LogP contribution in [0.15, 0.2) is 18.3 Å². The summed E-state index contributed by atoms with van der Waals surface area (Å²) in [6, 6.07) is 3.78. The number of nitrogens with zero attached hydrogens (tertiary/aromatic N) is 3. The summed E-state index contributed by atoms with van der Waals surface area (Å²) in [7, 11) is 1.85. The summed E-state index contributed by atoms with van der Waals surface area (Å²) in [6.45, 7) is 0. The topological polar surface area (TPSA) is 68.2 Å². The van der Waals surface area contributed by atoms with E-state index in [9.17, 15) is 0 Å². The molecule has 0 unspecified atom stereocenters. The molecule has 3 N–H and O–H groups in total. The lowest BCUT2D eigenvalue weighted by Gasteiger charge is -1.97. The molecule has 0 aliphatic carbocycles. The standard InChI is InChI=1S/C7H9N5/c1-9-5-2-3-12-6(4-5)10-7(8)11-12/h2-4,9H,1H3,(H2,8,11). The summed E-state index contributed by atoms with van der Waals surface area (Å²) < 4.78 is 1.64. The van der Waals surface area contributed by atoms with E-state index in [-0.39, 0.29) is 0 Å². The van der Waals surface area contributed by atoms with E-state index in [0.29, 0.717) is 5.95 Å². The van der Waals surface area contributed by atoms with Gasteiger partial charge in [0.2, 0.25) is 5.95 Å². The number of anilines is 2. The second-order valence-corrected chi connectivity index (χ2v) is 2.44. The Hall–Kier alpha value is -1.78. The number of hydrogen-bond donors (Lipinski definition) is 2.